The van der Waals surface area contributed by atoms with Gasteiger partial charge in [0.1, 0.15) is 24.7 Å². The van der Waals surface area contributed by atoms with Crippen molar-refractivity contribution in [1.29, 1.82) is 0 Å². The smallest absolute Gasteiger partial charge is 0.275 e. The van der Waals surface area contributed by atoms with Crippen LogP contribution >= 0.6 is 11.6 Å². The highest BCUT2D eigenvalue weighted by Crippen LogP contribution is 2.33. The van der Waals surface area contributed by atoms with Gasteiger partial charge in [0.2, 0.25) is 0 Å². The number of nitrogens with one attached hydrogen (secondary N) is 2. The van der Waals surface area contributed by atoms with E-state index in [0.717, 1.165) is 5.69 Å². The first-order chi connectivity index (χ1) is 13.2. The lowest BCUT2D eigenvalue weighted by Gasteiger charge is -2.19. The molecule has 0 fully saturated rings. The van der Waals surface area contributed by atoms with Crippen molar-refractivity contribution in [3.63, 3.8) is 0 Å². The molecule has 0 unspecified atom stereocenters. The molecule has 7 nitrogen and oxygen atoms in total. The number of fused-ring (bicyclic) bond motifs is 1. The van der Waals surface area contributed by atoms with E-state index in [0.29, 0.717) is 41.2 Å². The molecule has 0 saturated carbocycles. The number of ether oxygens (including phenoxy) is 2. The molecule has 1 amide bonds. The predicted molar refractivity (Wildman–Crippen MR) is 102 cm³/mol. The van der Waals surface area contributed by atoms with Crippen LogP contribution in [0.4, 0.5) is 17.2 Å². The third-order valence-corrected chi connectivity index (χ3v) is 4.15. The zero-order chi connectivity index (χ0) is 18.6. The van der Waals surface area contributed by atoms with Crippen molar-refractivity contribution < 1.29 is 14.3 Å². The number of carbonyl (C=O) groups excluding carboxylic acids is 1. The molecule has 1 aromatic heterocycles. The second kappa shape index (κ2) is 7.51. The number of halogens is 1. The van der Waals surface area contributed by atoms with Gasteiger partial charge in [0.05, 0.1) is 23.1 Å². The molecule has 2 N–H and O–H groups in total. The van der Waals surface area contributed by atoms with Gasteiger partial charge in [-0.25, -0.2) is 9.97 Å². The molecule has 2 aromatic carbocycles. The Hall–Kier alpha value is -3.32. The van der Waals surface area contributed by atoms with Gasteiger partial charge in [-0.15, -0.1) is 0 Å². The Balaban J connectivity index is 1.44. The van der Waals surface area contributed by atoms with Crippen molar-refractivity contribution in [2.75, 3.05) is 23.8 Å². The Bertz CT molecular complexity index is 979. The van der Waals surface area contributed by atoms with Gasteiger partial charge in [-0.05, 0) is 24.3 Å². The van der Waals surface area contributed by atoms with E-state index in [2.05, 4.69) is 20.6 Å². The standard InChI is InChI=1S/C19H15ClN4O3/c20-13-3-1-2-4-14(13)24-19(25)15-10-22-18(11-21-15)23-12-5-6-16-17(9-12)27-8-7-26-16/h1-6,9-11H,7-8H2,(H,22,23)(H,24,25). The lowest BCUT2D eigenvalue weighted by Crippen LogP contribution is -2.15. The van der Waals surface area contributed by atoms with Crippen LogP contribution in [0.15, 0.2) is 54.9 Å². The summed E-state index contributed by atoms with van der Waals surface area (Å²) in [5.41, 5.74) is 1.48. The largest absolute Gasteiger partial charge is 0.486 e. The highest BCUT2D eigenvalue weighted by atomic mass is 35.5. The van der Waals surface area contributed by atoms with E-state index in [1.165, 1.54) is 12.4 Å². The van der Waals surface area contributed by atoms with Crippen LogP contribution in [0.5, 0.6) is 11.5 Å². The molecule has 0 aliphatic carbocycles. The number of anilines is 3. The molecule has 0 bridgehead atoms. The number of hydrogen-bond donors (Lipinski definition) is 2. The summed E-state index contributed by atoms with van der Waals surface area (Å²) in [6.07, 6.45) is 2.88. The first-order valence-corrected chi connectivity index (χ1v) is 8.61. The highest BCUT2D eigenvalue weighted by molar-refractivity contribution is 6.33. The predicted octanol–water partition coefficient (Wildman–Crippen LogP) is 3.90. The summed E-state index contributed by atoms with van der Waals surface area (Å²) < 4.78 is 11.0. The maximum Gasteiger partial charge on any atom is 0.275 e. The fourth-order valence-corrected chi connectivity index (χ4v) is 2.71. The second-order valence-electron chi connectivity index (χ2n) is 5.70. The Morgan fingerprint density at radius 1 is 1.00 bits per heavy atom. The third-order valence-electron chi connectivity index (χ3n) is 3.82. The molecular weight excluding hydrogens is 368 g/mol. The summed E-state index contributed by atoms with van der Waals surface area (Å²) in [4.78, 5) is 20.7. The van der Waals surface area contributed by atoms with E-state index in [-0.39, 0.29) is 11.6 Å². The van der Waals surface area contributed by atoms with Gasteiger partial charge < -0.3 is 20.1 Å². The minimum Gasteiger partial charge on any atom is -0.486 e. The maximum atomic E-state index is 12.3. The van der Waals surface area contributed by atoms with E-state index in [1.54, 1.807) is 24.3 Å². The molecule has 0 spiro atoms. The van der Waals surface area contributed by atoms with Crippen LogP contribution in [0.3, 0.4) is 0 Å². The van der Waals surface area contributed by atoms with Crippen molar-refractivity contribution in [1.82, 2.24) is 9.97 Å². The lowest BCUT2D eigenvalue weighted by molar-refractivity contribution is 0.102. The van der Waals surface area contributed by atoms with Gasteiger partial charge in [0.25, 0.3) is 5.91 Å². The number of rotatable bonds is 4. The number of para-hydroxylation sites is 1. The fraction of sp³-hybridized carbons (Fsp3) is 0.105. The summed E-state index contributed by atoms with van der Waals surface area (Å²) in [5.74, 6) is 1.50. The molecule has 3 aromatic rings. The first-order valence-electron chi connectivity index (χ1n) is 8.24. The van der Waals surface area contributed by atoms with Crippen LogP contribution < -0.4 is 20.1 Å². The van der Waals surface area contributed by atoms with Gasteiger partial charge in [0, 0.05) is 11.8 Å². The summed E-state index contributed by atoms with van der Waals surface area (Å²) in [5, 5.41) is 6.28. The monoisotopic (exact) mass is 382 g/mol. The van der Waals surface area contributed by atoms with Crippen LogP contribution in [0.2, 0.25) is 5.02 Å². The van der Waals surface area contributed by atoms with E-state index in [1.807, 2.05) is 18.2 Å². The molecule has 27 heavy (non-hydrogen) atoms. The quantitative estimate of drug-likeness (QED) is 0.711. The van der Waals surface area contributed by atoms with E-state index in [4.69, 9.17) is 21.1 Å². The maximum absolute atomic E-state index is 12.3. The average Bonchev–Trinajstić information content (AvgIpc) is 2.70. The summed E-state index contributed by atoms with van der Waals surface area (Å²) in [7, 11) is 0. The molecule has 0 atom stereocenters. The van der Waals surface area contributed by atoms with Crippen molar-refractivity contribution in [2.45, 2.75) is 0 Å². The molecule has 0 radical (unpaired) electrons. The number of benzene rings is 2. The average molecular weight is 383 g/mol. The molecule has 1 aliphatic heterocycles. The molecule has 2 heterocycles. The van der Waals surface area contributed by atoms with Crippen molar-refractivity contribution in [3.8, 4) is 11.5 Å². The Morgan fingerprint density at radius 2 is 1.81 bits per heavy atom. The van der Waals surface area contributed by atoms with Crippen LogP contribution in [0.25, 0.3) is 0 Å². The summed E-state index contributed by atoms with van der Waals surface area (Å²) in [6, 6.07) is 12.5. The van der Waals surface area contributed by atoms with E-state index >= 15 is 0 Å². The number of nitrogens with zero attached hydrogens (tertiary/aromatic N) is 2. The molecular formula is C19H15ClN4O3. The normalized spacial score (nSPS) is 12.3. The zero-order valence-electron chi connectivity index (χ0n) is 14.1. The second-order valence-corrected chi connectivity index (χ2v) is 6.11. The highest BCUT2D eigenvalue weighted by Gasteiger charge is 2.13. The molecule has 1 aliphatic rings. The third kappa shape index (κ3) is 3.93. The lowest BCUT2D eigenvalue weighted by atomic mass is 10.2. The van der Waals surface area contributed by atoms with Crippen molar-refractivity contribution in [3.05, 3.63) is 65.6 Å². The summed E-state index contributed by atoms with van der Waals surface area (Å²) in [6.45, 7) is 1.06. The van der Waals surface area contributed by atoms with Crippen LogP contribution in [-0.2, 0) is 0 Å². The van der Waals surface area contributed by atoms with Crippen LogP contribution in [-0.4, -0.2) is 29.1 Å². The van der Waals surface area contributed by atoms with Gasteiger partial charge in [-0.2, -0.15) is 0 Å². The van der Waals surface area contributed by atoms with Crippen LogP contribution in [0, 0.1) is 0 Å². The van der Waals surface area contributed by atoms with Gasteiger partial charge >= 0.3 is 0 Å². The van der Waals surface area contributed by atoms with Gasteiger partial charge in [-0.3, -0.25) is 4.79 Å². The SMILES string of the molecule is O=C(Nc1ccccc1Cl)c1cnc(Nc2ccc3c(c2)OCCO3)cn1. The Morgan fingerprint density at radius 3 is 2.59 bits per heavy atom. The number of carbonyl (C=O) groups is 1. The summed E-state index contributed by atoms with van der Waals surface area (Å²) >= 11 is 6.04. The van der Waals surface area contributed by atoms with Gasteiger partial charge in [0.15, 0.2) is 11.5 Å². The molecule has 136 valence electrons. The first kappa shape index (κ1) is 17.1. The van der Waals surface area contributed by atoms with E-state index < -0.39 is 0 Å². The van der Waals surface area contributed by atoms with Crippen LogP contribution in [0.1, 0.15) is 10.5 Å². The topological polar surface area (TPSA) is 85.4 Å². The van der Waals surface area contributed by atoms with Crippen molar-refractivity contribution in [2.24, 2.45) is 0 Å². The zero-order valence-corrected chi connectivity index (χ0v) is 14.9. The minimum atomic E-state index is -0.388. The molecule has 8 heteroatoms. The Kier molecular flexibility index (Phi) is 4.76. The van der Waals surface area contributed by atoms with Crippen molar-refractivity contribution >= 4 is 34.7 Å². The number of amides is 1. The van der Waals surface area contributed by atoms with E-state index in [9.17, 15) is 4.79 Å². The molecule has 4 rings (SSSR count). The fourth-order valence-electron chi connectivity index (χ4n) is 2.53. The number of aromatic nitrogens is 2. The minimum absolute atomic E-state index is 0.183. The Labute approximate surface area is 160 Å². The number of hydrogen-bond acceptors (Lipinski definition) is 6. The molecule has 0 saturated heterocycles. The van der Waals surface area contributed by atoms with Gasteiger partial charge in [-0.1, -0.05) is 23.7 Å².